The summed E-state index contributed by atoms with van der Waals surface area (Å²) in [6, 6.07) is 13.7. The Balaban J connectivity index is 1.77. The first-order chi connectivity index (χ1) is 14.0. The van der Waals surface area contributed by atoms with Crippen LogP contribution in [-0.4, -0.2) is 26.0 Å². The number of allylic oxidation sites excluding steroid dienone is 1. The van der Waals surface area contributed by atoms with Crippen molar-refractivity contribution in [1.29, 1.82) is 0 Å². The first-order valence-electron chi connectivity index (χ1n) is 9.78. The molecule has 2 aromatic carbocycles. The SMILES string of the molecule is O=C(O)c1ccc(NCc2ccccc2)c(S(=O)(=O)NCCC2=CCCCC2)c1. The molecule has 2 aromatic rings. The van der Waals surface area contributed by atoms with Gasteiger partial charge >= 0.3 is 5.97 Å². The van der Waals surface area contributed by atoms with E-state index < -0.39 is 16.0 Å². The summed E-state index contributed by atoms with van der Waals surface area (Å²) >= 11 is 0. The van der Waals surface area contributed by atoms with Gasteiger partial charge in [-0.25, -0.2) is 17.9 Å². The third-order valence-electron chi connectivity index (χ3n) is 4.97. The van der Waals surface area contributed by atoms with Crippen LogP contribution in [0.1, 0.15) is 48.0 Å². The highest BCUT2D eigenvalue weighted by molar-refractivity contribution is 7.89. The summed E-state index contributed by atoms with van der Waals surface area (Å²) in [6.07, 6.45) is 7.26. The minimum atomic E-state index is -3.86. The Hall–Kier alpha value is -2.64. The van der Waals surface area contributed by atoms with Crippen molar-refractivity contribution in [3.8, 4) is 0 Å². The number of benzene rings is 2. The average Bonchev–Trinajstić information content (AvgIpc) is 2.73. The molecule has 29 heavy (non-hydrogen) atoms. The van der Waals surface area contributed by atoms with Gasteiger partial charge in [-0.1, -0.05) is 42.0 Å². The molecule has 1 aliphatic carbocycles. The summed E-state index contributed by atoms with van der Waals surface area (Å²) in [5.41, 5.74) is 2.59. The highest BCUT2D eigenvalue weighted by Crippen LogP contribution is 2.24. The van der Waals surface area contributed by atoms with Crippen LogP contribution >= 0.6 is 0 Å². The quantitative estimate of drug-likeness (QED) is 0.536. The molecule has 0 radical (unpaired) electrons. The predicted molar refractivity (Wildman–Crippen MR) is 114 cm³/mol. The molecule has 0 spiro atoms. The number of sulfonamides is 1. The molecule has 0 fully saturated rings. The molecule has 3 N–H and O–H groups in total. The summed E-state index contributed by atoms with van der Waals surface area (Å²) < 4.78 is 28.5. The Morgan fingerprint density at radius 1 is 1.07 bits per heavy atom. The molecule has 0 amide bonds. The van der Waals surface area contributed by atoms with E-state index in [4.69, 9.17) is 0 Å². The fraction of sp³-hybridized carbons (Fsp3) is 0.318. The standard InChI is InChI=1S/C22H26N2O4S/c25-22(26)19-11-12-20(23-16-18-9-5-2-6-10-18)21(15-19)29(27,28)24-14-13-17-7-3-1-4-8-17/h2,5-7,9-12,15,23-24H,1,3-4,8,13-14,16H2,(H,25,26). The summed E-state index contributed by atoms with van der Waals surface area (Å²) in [6.45, 7) is 0.728. The van der Waals surface area contributed by atoms with E-state index in [1.165, 1.54) is 30.2 Å². The second-order valence-electron chi connectivity index (χ2n) is 7.11. The fourth-order valence-corrected chi connectivity index (χ4v) is 4.61. The maximum absolute atomic E-state index is 12.9. The van der Waals surface area contributed by atoms with Crippen LogP contribution in [0.5, 0.6) is 0 Å². The highest BCUT2D eigenvalue weighted by atomic mass is 32.2. The van der Waals surface area contributed by atoms with Crippen molar-refractivity contribution in [2.75, 3.05) is 11.9 Å². The van der Waals surface area contributed by atoms with E-state index in [-0.39, 0.29) is 10.5 Å². The molecular weight excluding hydrogens is 388 g/mol. The lowest BCUT2D eigenvalue weighted by Crippen LogP contribution is -2.26. The van der Waals surface area contributed by atoms with Crippen LogP contribution in [-0.2, 0) is 16.6 Å². The van der Waals surface area contributed by atoms with Gasteiger partial charge in [-0.05, 0) is 55.9 Å². The van der Waals surface area contributed by atoms with Gasteiger partial charge in [0.1, 0.15) is 4.90 Å². The topological polar surface area (TPSA) is 95.5 Å². The van der Waals surface area contributed by atoms with Crippen molar-refractivity contribution < 1.29 is 18.3 Å². The summed E-state index contributed by atoms with van der Waals surface area (Å²) in [5.74, 6) is -1.16. The largest absolute Gasteiger partial charge is 0.478 e. The molecule has 154 valence electrons. The van der Waals surface area contributed by atoms with E-state index in [0.29, 0.717) is 25.2 Å². The molecule has 7 heteroatoms. The molecule has 0 saturated carbocycles. The van der Waals surface area contributed by atoms with Crippen LogP contribution in [0, 0.1) is 0 Å². The van der Waals surface area contributed by atoms with Crippen LogP contribution < -0.4 is 10.0 Å². The van der Waals surface area contributed by atoms with E-state index >= 15 is 0 Å². The molecule has 0 aliphatic heterocycles. The predicted octanol–water partition coefficient (Wildman–Crippen LogP) is 4.17. The minimum absolute atomic E-state index is 0.0500. The summed E-state index contributed by atoms with van der Waals surface area (Å²) in [5, 5.41) is 12.4. The smallest absolute Gasteiger partial charge is 0.335 e. The third kappa shape index (κ3) is 5.92. The lowest BCUT2D eigenvalue weighted by atomic mass is 9.97. The lowest BCUT2D eigenvalue weighted by Gasteiger charge is -2.16. The second-order valence-corrected chi connectivity index (χ2v) is 8.85. The van der Waals surface area contributed by atoms with Crippen LogP contribution in [0.4, 0.5) is 5.69 Å². The van der Waals surface area contributed by atoms with E-state index in [1.54, 1.807) is 0 Å². The van der Waals surface area contributed by atoms with E-state index in [2.05, 4.69) is 16.1 Å². The van der Waals surface area contributed by atoms with Gasteiger partial charge in [-0.3, -0.25) is 0 Å². The maximum atomic E-state index is 12.9. The highest BCUT2D eigenvalue weighted by Gasteiger charge is 2.21. The van der Waals surface area contributed by atoms with Gasteiger partial charge in [0, 0.05) is 13.1 Å². The molecule has 0 atom stereocenters. The van der Waals surface area contributed by atoms with Gasteiger partial charge < -0.3 is 10.4 Å². The molecule has 6 nitrogen and oxygen atoms in total. The van der Waals surface area contributed by atoms with Gasteiger partial charge in [0.25, 0.3) is 0 Å². The molecule has 1 aliphatic rings. The number of carboxylic acids is 1. The van der Waals surface area contributed by atoms with E-state index in [0.717, 1.165) is 24.8 Å². The summed E-state index contributed by atoms with van der Waals surface area (Å²) in [7, 11) is -3.86. The van der Waals surface area contributed by atoms with Crippen LogP contribution in [0.2, 0.25) is 0 Å². The van der Waals surface area contributed by atoms with Crippen LogP contribution in [0.15, 0.2) is 65.1 Å². The van der Waals surface area contributed by atoms with Gasteiger partial charge in [0.15, 0.2) is 0 Å². The number of hydrogen-bond donors (Lipinski definition) is 3. The van der Waals surface area contributed by atoms with Crippen LogP contribution in [0.3, 0.4) is 0 Å². The van der Waals surface area contributed by atoms with Gasteiger partial charge in [0.05, 0.1) is 11.3 Å². The van der Waals surface area contributed by atoms with Crippen molar-refractivity contribution in [2.45, 2.75) is 43.5 Å². The monoisotopic (exact) mass is 414 g/mol. The molecule has 3 rings (SSSR count). The zero-order valence-electron chi connectivity index (χ0n) is 16.2. The Kier molecular flexibility index (Phi) is 7.06. The van der Waals surface area contributed by atoms with Crippen molar-refractivity contribution in [3.63, 3.8) is 0 Å². The van der Waals surface area contributed by atoms with Crippen molar-refractivity contribution in [2.24, 2.45) is 0 Å². The Bertz CT molecular complexity index is 985. The van der Waals surface area contributed by atoms with Gasteiger partial charge in [-0.15, -0.1) is 0 Å². The molecule has 0 saturated heterocycles. The number of aromatic carboxylic acids is 1. The number of carbonyl (C=O) groups is 1. The van der Waals surface area contributed by atoms with E-state index in [9.17, 15) is 18.3 Å². The first-order valence-corrected chi connectivity index (χ1v) is 11.3. The number of rotatable bonds is 9. The normalized spacial score (nSPS) is 14.3. The molecular formula is C22H26N2O4S. The van der Waals surface area contributed by atoms with Crippen molar-refractivity contribution in [3.05, 3.63) is 71.3 Å². The second kappa shape index (κ2) is 9.71. The van der Waals surface area contributed by atoms with Crippen LogP contribution in [0.25, 0.3) is 0 Å². The Labute approximate surface area is 171 Å². The third-order valence-corrected chi connectivity index (χ3v) is 6.47. The lowest BCUT2D eigenvalue weighted by molar-refractivity contribution is 0.0696. The number of carboxylic acid groups (broad SMARTS) is 1. The van der Waals surface area contributed by atoms with Crippen molar-refractivity contribution in [1.82, 2.24) is 4.72 Å². The molecule has 0 unspecified atom stereocenters. The molecule has 0 bridgehead atoms. The maximum Gasteiger partial charge on any atom is 0.335 e. The van der Waals surface area contributed by atoms with Gasteiger partial charge in [-0.2, -0.15) is 0 Å². The Morgan fingerprint density at radius 3 is 2.55 bits per heavy atom. The zero-order chi connectivity index (χ0) is 20.7. The summed E-state index contributed by atoms with van der Waals surface area (Å²) in [4.78, 5) is 11.3. The minimum Gasteiger partial charge on any atom is -0.478 e. The number of anilines is 1. The van der Waals surface area contributed by atoms with Gasteiger partial charge in [0.2, 0.25) is 10.0 Å². The molecule has 0 heterocycles. The van der Waals surface area contributed by atoms with Crippen molar-refractivity contribution >= 4 is 21.7 Å². The number of hydrogen-bond acceptors (Lipinski definition) is 4. The van der Waals surface area contributed by atoms with E-state index in [1.807, 2.05) is 30.3 Å². The zero-order valence-corrected chi connectivity index (χ0v) is 17.0. The first kappa shape index (κ1) is 21.1. The Morgan fingerprint density at radius 2 is 1.86 bits per heavy atom. The molecule has 0 aromatic heterocycles. The fourth-order valence-electron chi connectivity index (χ4n) is 3.37. The average molecular weight is 415 g/mol. The number of nitrogens with one attached hydrogen (secondary N) is 2.